The molecule has 3 N–H and O–H groups in total. The average molecular weight is 527 g/mol. The molecular formula is C24H19FN4O5S2. The zero-order valence-corrected chi connectivity index (χ0v) is 20.7. The molecule has 0 aliphatic heterocycles. The fourth-order valence-corrected chi connectivity index (χ4v) is 6.24. The van der Waals surface area contributed by atoms with Gasteiger partial charge in [-0.05, 0) is 48.9 Å². The Balaban J connectivity index is 2.12. The van der Waals surface area contributed by atoms with Gasteiger partial charge in [0.15, 0.2) is 0 Å². The minimum atomic E-state index is -3.74. The van der Waals surface area contributed by atoms with E-state index in [0.717, 1.165) is 17.6 Å². The van der Waals surface area contributed by atoms with Gasteiger partial charge in [-0.25, -0.2) is 22.6 Å². The number of fused-ring (bicyclic) bond motifs is 1. The lowest BCUT2D eigenvalue weighted by atomic mass is 9.97. The van der Waals surface area contributed by atoms with Gasteiger partial charge in [0.1, 0.15) is 11.5 Å². The van der Waals surface area contributed by atoms with E-state index in [0.29, 0.717) is 33.6 Å². The third kappa shape index (κ3) is 4.34. The van der Waals surface area contributed by atoms with Gasteiger partial charge >= 0.3 is 5.97 Å². The first-order chi connectivity index (χ1) is 17.0. The van der Waals surface area contributed by atoms with Crippen molar-refractivity contribution in [3.8, 4) is 11.8 Å². The number of nitriles is 1. The molecule has 0 spiro atoms. The summed E-state index contributed by atoms with van der Waals surface area (Å²) in [5.41, 5.74) is 6.67. The second-order valence-corrected chi connectivity index (χ2v) is 11.3. The lowest BCUT2D eigenvalue weighted by Crippen LogP contribution is -2.16. The zero-order valence-electron chi connectivity index (χ0n) is 19.0. The highest BCUT2D eigenvalue weighted by atomic mass is 32.2. The summed E-state index contributed by atoms with van der Waals surface area (Å²) in [4.78, 5) is 28.5. The number of sulfone groups is 1. The zero-order chi connectivity index (χ0) is 26.4. The summed E-state index contributed by atoms with van der Waals surface area (Å²) >= 11 is 0.815. The summed E-state index contributed by atoms with van der Waals surface area (Å²) in [7, 11) is -3.74. The molecule has 2 aromatic carbocycles. The fourth-order valence-electron chi connectivity index (χ4n) is 4.11. The third-order valence-corrected chi connectivity index (χ3v) is 8.51. The molecule has 36 heavy (non-hydrogen) atoms. The fraction of sp³-hybridized carbons (Fsp3) is 0.167. The number of carboxylic acid groups (broad SMARTS) is 1. The maximum absolute atomic E-state index is 13.7. The maximum atomic E-state index is 13.7. The topological polar surface area (TPSA) is 156 Å². The minimum absolute atomic E-state index is 0.107. The Morgan fingerprint density at radius 1 is 1.25 bits per heavy atom. The van der Waals surface area contributed by atoms with Crippen molar-refractivity contribution < 1.29 is 27.5 Å². The first kappa shape index (κ1) is 25.0. The van der Waals surface area contributed by atoms with Crippen LogP contribution in [0.2, 0.25) is 0 Å². The number of rotatable bonds is 7. The lowest BCUT2D eigenvalue weighted by Gasteiger charge is -2.19. The standard InChI is InChI=1S/C24H19FN4O5S2/c1-3-15(21-20(22(27)30)28-24(35-21)36(2,33)34)19-10-16-17(23(31)32)8-12(11-26)9-18(16)29(19)14-6-4-13(25)5-7-14/h4-10,15H,3H2,1-2H3,(H2,27,30)(H,31,32)/t15-/m0/s1. The van der Waals surface area contributed by atoms with E-state index >= 15 is 0 Å². The Bertz CT molecular complexity index is 1680. The van der Waals surface area contributed by atoms with Crippen molar-refractivity contribution >= 4 is 44.0 Å². The number of aromatic carboxylic acids is 1. The molecule has 0 fully saturated rings. The number of aromatic nitrogens is 2. The number of nitrogens with zero attached hydrogens (tertiary/aromatic N) is 3. The summed E-state index contributed by atoms with van der Waals surface area (Å²) in [6.45, 7) is 1.81. The Hall–Kier alpha value is -4.08. The van der Waals surface area contributed by atoms with Crippen LogP contribution in [-0.2, 0) is 9.84 Å². The predicted molar refractivity (Wildman–Crippen MR) is 131 cm³/mol. The highest BCUT2D eigenvalue weighted by Gasteiger charge is 2.30. The summed E-state index contributed by atoms with van der Waals surface area (Å²) < 4.78 is 39.5. The van der Waals surface area contributed by atoms with Crippen molar-refractivity contribution in [2.24, 2.45) is 5.73 Å². The van der Waals surface area contributed by atoms with Crippen LogP contribution in [0.15, 0.2) is 46.8 Å². The van der Waals surface area contributed by atoms with Crippen molar-refractivity contribution in [1.82, 2.24) is 9.55 Å². The number of benzene rings is 2. The smallest absolute Gasteiger partial charge is 0.336 e. The molecule has 4 rings (SSSR count). The van der Waals surface area contributed by atoms with Crippen molar-refractivity contribution in [2.75, 3.05) is 6.26 Å². The van der Waals surface area contributed by atoms with Gasteiger partial charge in [0.25, 0.3) is 5.91 Å². The first-order valence-corrected chi connectivity index (χ1v) is 13.3. The number of carboxylic acids is 1. The Labute approximate surface area is 209 Å². The van der Waals surface area contributed by atoms with Crippen molar-refractivity contribution in [3.63, 3.8) is 0 Å². The molecule has 2 heterocycles. The summed E-state index contributed by atoms with van der Waals surface area (Å²) in [5.74, 6) is -3.27. The molecule has 0 aliphatic carbocycles. The van der Waals surface area contributed by atoms with E-state index in [-0.39, 0.29) is 21.2 Å². The van der Waals surface area contributed by atoms with Crippen LogP contribution >= 0.6 is 11.3 Å². The second kappa shape index (κ2) is 9.18. The lowest BCUT2D eigenvalue weighted by molar-refractivity contribution is 0.0698. The van der Waals surface area contributed by atoms with Gasteiger partial charge in [0.2, 0.25) is 14.2 Å². The number of amides is 1. The van der Waals surface area contributed by atoms with Gasteiger partial charge in [-0.3, -0.25) is 4.79 Å². The molecule has 184 valence electrons. The van der Waals surface area contributed by atoms with Crippen molar-refractivity contribution in [3.05, 3.63) is 75.7 Å². The number of hydrogen-bond donors (Lipinski definition) is 2. The molecule has 4 aromatic rings. The molecule has 0 aliphatic rings. The van der Waals surface area contributed by atoms with E-state index in [2.05, 4.69) is 4.98 Å². The van der Waals surface area contributed by atoms with Gasteiger partial charge < -0.3 is 15.4 Å². The summed E-state index contributed by atoms with van der Waals surface area (Å²) in [5, 5.41) is 19.6. The highest BCUT2D eigenvalue weighted by molar-refractivity contribution is 7.92. The van der Waals surface area contributed by atoms with Gasteiger partial charge in [-0.2, -0.15) is 5.26 Å². The second-order valence-electron chi connectivity index (χ2n) is 8.04. The maximum Gasteiger partial charge on any atom is 0.336 e. The average Bonchev–Trinajstić information content (AvgIpc) is 3.42. The van der Waals surface area contributed by atoms with Crippen LogP contribution in [0, 0.1) is 17.1 Å². The molecular weight excluding hydrogens is 507 g/mol. The Morgan fingerprint density at radius 3 is 2.44 bits per heavy atom. The van der Waals surface area contributed by atoms with E-state index in [1.165, 1.54) is 36.4 Å². The quantitative estimate of drug-likeness (QED) is 0.370. The number of thiazole rings is 1. The number of primary amides is 1. The Kier molecular flexibility index (Phi) is 6.38. The molecule has 0 unspecified atom stereocenters. The monoisotopic (exact) mass is 526 g/mol. The minimum Gasteiger partial charge on any atom is -0.478 e. The highest BCUT2D eigenvalue weighted by Crippen LogP contribution is 2.40. The van der Waals surface area contributed by atoms with Crippen molar-refractivity contribution in [1.29, 1.82) is 5.26 Å². The molecule has 0 saturated carbocycles. The van der Waals surface area contributed by atoms with E-state index in [1.54, 1.807) is 17.6 Å². The van der Waals surface area contributed by atoms with Gasteiger partial charge in [-0.1, -0.05) is 6.92 Å². The molecule has 1 atom stereocenters. The van der Waals surface area contributed by atoms with Gasteiger partial charge in [-0.15, -0.1) is 11.3 Å². The molecule has 2 aromatic heterocycles. The molecule has 0 saturated heterocycles. The number of carbonyl (C=O) groups is 2. The molecule has 12 heteroatoms. The SMILES string of the molecule is CC[C@H](c1sc(S(C)(=O)=O)nc1C(N)=O)c1cc2c(C(=O)O)cc(C#N)cc2n1-c1ccc(F)cc1. The molecule has 0 bridgehead atoms. The van der Waals surface area contributed by atoms with Crippen LogP contribution in [0.3, 0.4) is 0 Å². The first-order valence-electron chi connectivity index (χ1n) is 10.6. The summed E-state index contributed by atoms with van der Waals surface area (Å²) in [6, 6.07) is 11.8. The molecule has 1 amide bonds. The third-order valence-electron chi connectivity index (χ3n) is 5.66. The van der Waals surface area contributed by atoms with E-state index in [1.807, 2.05) is 6.07 Å². The predicted octanol–water partition coefficient (Wildman–Crippen LogP) is 3.84. The molecule has 9 nitrogen and oxygen atoms in total. The van der Waals surface area contributed by atoms with Crippen LogP contribution in [0.4, 0.5) is 4.39 Å². The van der Waals surface area contributed by atoms with Crippen LogP contribution in [0.25, 0.3) is 16.6 Å². The number of nitrogens with two attached hydrogens (primary N) is 1. The summed E-state index contributed by atoms with van der Waals surface area (Å²) in [6.07, 6.45) is 1.33. The van der Waals surface area contributed by atoms with E-state index in [4.69, 9.17) is 5.73 Å². The van der Waals surface area contributed by atoms with Crippen LogP contribution in [-0.4, -0.2) is 41.2 Å². The van der Waals surface area contributed by atoms with Gasteiger partial charge in [0.05, 0.1) is 22.7 Å². The van der Waals surface area contributed by atoms with Crippen LogP contribution in [0.1, 0.15) is 56.2 Å². The van der Waals surface area contributed by atoms with Crippen LogP contribution in [0.5, 0.6) is 0 Å². The van der Waals surface area contributed by atoms with Crippen molar-refractivity contribution in [2.45, 2.75) is 23.6 Å². The number of carbonyl (C=O) groups excluding carboxylic acids is 1. The van der Waals surface area contributed by atoms with Gasteiger partial charge in [0, 0.05) is 33.8 Å². The van der Waals surface area contributed by atoms with Crippen LogP contribution < -0.4 is 5.73 Å². The number of halogens is 1. The Morgan fingerprint density at radius 2 is 1.92 bits per heavy atom. The largest absolute Gasteiger partial charge is 0.478 e. The number of hydrogen-bond acceptors (Lipinski definition) is 7. The van der Waals surface area contributed by atoms with E-state index < -0.39 is 33.4 Å². The normalized spacial score (nSPS) is 12.4. The van der Waals surface area contributed by atoms with E-state index in [9.17, 15) is 32.8 Å². The molecule has 0 radical (unpaired) electrons.